The average Bonchev–Trinajstić information content (AvgIpc) is 3.56. The van der Waals surface area contributed by atoms with Crippen LogP contribution in [0.1, 0.15) is 9.67 Å². The SMILES string of the molecule is COc1ccc(OC)c(-c2cc(-c3ccccc3)nc3sc(C(=O)Nc4ccc5c(c4)OCO5)c(N)c23)c1. The zero-order chi connectivity index (χ0) is 26.2. The van der Waals surface area contributed by atoms with Gasteiger partial charge in [0, 0.05) is 33.8 Å². The highest BCUT2D eigenvalue weighted by Crippen LogP contribution is 2.45. The van der Waals surface area contributed by atoms with Gasteiger partial charge in [-0.3, -0.25) is 4.79 Å². The first kappa shape index (κ1) is 23.6. The van der Waals surface area contributed by atoms with Gasteiger partial charge in [-0.25, -0.2) is 4.98 Å². The summed E-state index contributed by atoms with van der Waals surface area (Å²) < 4.78 is 22.0. The number of hydrogen-bond donors (Lipinski definition) is 2. The normalized spacial score (nSPS) is 11.9. The van der Waals surface area contributed by atoms with Crippen LogP contribution in [0.4, 0.5) is 11.4 Å². The van der Waals surface area contributed by atoms with E-state index in [0.29, 0.717) is 49.5 Å². The van der Waals surface area contributed by atoms with Crippen LogP contribution in [0.25, 0.3) is 32.6 Å². The highest BCUT2D eigenvalue weighted by atomic mass is 32.1. The molecule has 1 amide bonds. The van der Waals surface area contributed by atoms with Gasteiger partial charge in [0.1, 0.15) is 21.2 Å². The van der Waals surface area contributed by atoms with Gasteiger partial charge >= 0.3 is 0 Å². The Morgan fingerprint density at radius 1 is 0.947 bits per heavy atom. The molecule has 1 aliphatic rings. The van der Waals surface area contributed by atoms with Crippen molar-refractivity contribution in [2.75, 3.05) is 32.1 Å². The van der Waals surface area contributed by atoms with Gasteiger partial charge < -0.3 is 30.0 Å². The summed E-state index contributed by atoms with van der Waals surface area (Å²) in [5.74, 6) is 2.19. The van der Waals surface area contributed by atoms with E-state index in [1.807, 2.05) is 54.6 Å². The lowest BCUT2D eigenvalue weighted by Gasteiger charge is -2.14. The number of thiophene rings is 1. The third-order valence-corrected chi connectivity index (χ3v) is 7.40. The number of carbonyl (C=O) groups excluding carboxylic acids is 1. The molecule has 190 valence electrons. The van der Waals surface area contributed by atoms with Crippen LogP contribution >= 0.6 is 11.3 Å². The lowest BCUT2D eigenvalue weighted by molar-refractivity contribution is 0.103. The van der Waals surface area contributed by atoms with E-state index in [4.69, 9.17) is 29.7 Å². The Hall–Kier alpha value is -4.76. The fourth-order valence-electron chi connectivity index (χ4n) is 4.45. The van der Waals surface area contributed by atoms with E-state index in [2.05, 4.69) is 5.32 Å². The van der Waals surface area contributed by atoms with Gasteiger partial charge in [0.05, 0.1) is 25.6 Å². The maximum atomic E-state index is 13.4. The first-order valence-corrected chi connectivity index (χ1v) is 12.6. The Labute approximate surface area is 222 Å². The van der Waals surface area contributed by atoms with E-state index in [0.717, 1.165) is 22.4 Å². The minimum absolute atomic E-state index is 0.155. The molecule has 5 aromatic rings. The van der Waals surface area contributed by atoms with Crippen LogP contribution in [-0.4, -0.2) is 31.9 Å². The Balaban J connectivity index is 1.51. The highest BCUT2D eigenvalue weighted by molar-refractivity contribution is 7.21. The first-order chi connectivity index (χ1) is 18.6. The van der Waals surface area contributed by atoms with Crippen LogP contribution < -0.4 is 30.0 Å². The number of nitrogen functional groups attached to an aromatic ring is 1. The van der Waals surface area contributed by atoms with Crippen molar-refractivity contribution in [3.8, 4) is 45.4 Å². The molecule has 0 atom stereocenters. The number of carbonyl (C=O) groups is 1. The van der Waals surface area contributed by atoms with Gasteiger partial charge in [0.2, 0.25) is 6.79 Å². The van der Waals surface area contributed by atoms with Gasteiger partial charge in [-0.15, -0.1) is 11.3 Å². The molecule has 8 nitrogen and oxygen atoms in total. The first-order valence-electron chi connectivity index (χ1n) is 11.8. The van der Waals surface area contributed by atoms with Crippen molar-refractivity contribution < 1.29 is 23.7 Å². The molecule has 0 bridgehead atoms. The number of rotatable bonds is 6. The number of nitrogens with zero attached hydrogens (tertiary/aromatic N) is 1. The molecule has 0 fully saturated rings. The predicted octanol–water partition coefficient (Wildman–Crippen LogP) is 6.21. The molecule has 0 radical (unpaired) electrons. The van der Waals surface area contributed by atoms with Crippen LogP contribution in [0.15, 0.2) is 72.8 Å². The summed E-state index contributed by atoms with van der Waals surface area (Å²) in [4.78, 5) is 19.3. The van der Waals surface area contributed by atoms with Crippen LogP contribution in [-0.2, 0) is 0 Å². The molecule has 0 saturated carbocycles. The summed E-state index contributed by atoms with van der Waals surface area (Å²) in [6.45, 7) is 0.155. The summed E-state index contributed by atoms with van der Waals surface area (Å²) in [6, 6.07) is 22.6. The summed E-state index contributed by atoms with van der Waals surface area (Å²) in [5, 5.41) is 3.60. The standard InChI is InChI=1S/C29H23N3O5S/c1-34-18-9-11-22(35-2)19(13-18)20-14-21(16-6-4-3-5-7-16)32-29-25(20)26(30)27(38-29)28(33)31-17-8-10-23-24(12-17)37-15-36-23/h3-14H,15,30H2,1-2H3,(H,31,33). The maximum Gasteiger partial charge on any atom is 0.267 e. The van der Waals surface area contributed by atoms with Crippen LogP contribution in [0.2, 0.25) is 0 Å². The molecule has 0 aliphatic carbocycles. The number of ether oxygens (including phenoxy) is 4. The quantitative estimate of drug-likeness (QED) is 0.271. The second-order valence-corrected chi connectivity index (χ2v) is 9.53. The van der Waals surface area contributed by atoms with Gasteiger partial charge in [-0.05, 0) is 36.4 Å². The topological polar surface area (TPSA) is 105 Å². The fourth-order valence-corrected chi connectivity index (χ4v) is 5.46. The third kappa shape index (κ3) is 4.12. The van der Waals surface area contributed by atoms with E-state index in [1.54, 1.807) is 32.4 Å². The van der Waals surface area contributed by atoms with Crippen molar-refractivity contribution >= 4 is 38.8 Å². The Morgan fingerprint density at radius 3 is 2.55 bits per heavy atom. The minimum atomic E-state index is -0.339. The van der Waals surface area contributed by atoms with Crippen molar-refractivity contribution in [2.45, 2.75) is 0 Å². The highest BCUT2D eigenvalue weighted by Gasteiger charge is 2.24. The minimum Gasteiger partial charge on any atom is -0.497 e. The molecule has 6 rings (SSSR count). The number of aromatic nitrogens is 1. The lowest BCUT2D eigenvalue weighted by Crippen LogP contribution is -2.11. The number of nitrogens with one attached hydrogen (secondary N) is 1. The number of benzene rings is 3. The fraction of sp³-hybridized carbons (Fsp3) is 0.103. The van der Waals surface area contributed by atoms with Gasteiger partial charge in [-0.1, -0.05) is 30.3 Å². The van der Waals surface area contributed by atoms with E-state index < -0.39 is 0 Å². The van der Waals surface area contributed by atoms with E-state index in [9.17, 15) is 4.79 Å². The van der Waals surface area contributed by atoms with Gasteiger partial charge in [-0.2, -0.15) is 0 Å². The molecular weight excluding hydrogens is 502 g/mol. The monoisotopic (exact) mass is 525 g/mol. The Morgan fingerprint density at radius 2 is 1.76 bits per heavy atom. The molecule has 0 unspecified atom stereocenters. The van der Waals surface area contributed by atoms with E-state index >= 15 is 0 Å². The Bertz CT molecular complexity index is 1680. The summed E-state index contributed by atoms with van der Waals surface area (Å²) >= 11 is 1.24. The van der Waals surface area contributed by atoms with Crippen molar-refractivity contribution in [3.63, 3.8) is 0 Å². The van der Waals surface area contributed by atoms with E-state index in [1.165, 1.54) is 11.3 Å². The Kier molecular flexibility index (Phi) is 5.97. The molecular formula is C29H23N3O5S. The molecule has 1 aliphatic heterocycles. The summed E-state index contributed by atoms with van der Waals surface area (Å²) in [5.41, 5.74) is 10.8. The molecule has 0 saturated heterocycles. The lowest BCUT2D eigenvalue weighted by atomic mass is 9.98. The largest absolute Gasteiger partial charge is 0.497 e. The molecule has 0 spiro atoms. The summed E-state index contributed by atoms with van der Waals surface area (Å²) in [6.07, 6.45) is 0. The number of anilines is 2. The zero-order valence-electron chi connectivity index (χ0n) is 20.6. The zero-order valence-corrected chi connectivity index (χ0v) is 21.4. The number of hydrogen-bond acceptors (Lipinski definition) is 8. The number of methoxy groups -OCH3 is 2. The van der Waals surface area contributed by atoms with Crippen molar-refractivity contribution in [3.05, 3.63) is 77.7 Å². The van der Waals surface area contributed by atoms with Crippen molar-refractivity contribution in [2.24, 2.45) is 0 Å². The average molecular weight is 526 g/mol. The van der Waals surface area contributed by atoms with Gasteiger partial charge in [0.25, 0.3) is 5.91 Å². The number of nitrogens with two attached hydrogens (primary N) is 1. The molecule has 38 heavy (non-hydrogen) atoms. The van der Waals surface area contributed by atoms with Crippen LogP contribution in [0.3, 0.4) is 0 Å². The van der Waals surface area contributed by atoms with E-state index in [-0.39, 0.29) is 12.7 Å². The molecule has 3 heterocycles. The van der Waals surface area contributed by atoms with Crippen molar-refractivity contribution in [1.29, 1.82) is 0 Å². The number of fused-ring (bicyclic) bond motifs is 2. The third-order valence-electron chi connectivity index (χ3n) is 6.30. The summed E-state index contributed by atoms with van der Waals surface area (Å²) in [7, 11) is 3.23. The smallest absolute Gasteiger partial charge is 0.267 e. The molecule has 2 aromatic heterocycles. The second kappa shape index (κ2) is 9.60. The van der Waals surface area contributed by atoms with Gasteiger partial charge in [0.15, 0.2) is 11.5 Å². The maximum absolute atomic E-state index is 13.4. The molecule has 3 aromatic carbocycles. The van der Waals surface area contributed by atoms with Crippen LogP contribution in [0.5, 0.6) is 23.0 Å². The van der Waals surface area contributed by atoms with Crippen LogP contribution in [0, 0.1) is 0 Å². The number of pyridine rings is 1. The number of amides is 1. The molecule has 3 N–H and O–H groups in total. The predicted molar refractivity (Wildman–Crippen MR) is 149 cm³/mol. The van der Waals surface area contributed by atoms with Crippen molar-refractivity contribution in [1.82, 2.24) is 4.98 Å². The molecule has 9 heteroatoms. The second-order valence-electron chi connectivity index (χ2n) is 8.53.